The minimum absolute atomic E-state index is 0.126. The van der Waals surface area contributed by atoms with Crippen LogP contribution >= 0.6 is 0 Å². The van der Waals surface area contributed by atoms with Gasteiger partial charge in [0.2, 0.25) is 5.91 Å². The third-order valence-electron chi connectivity index (χ3n) is 3.21. The summed E-state index contributed by atoms with van der Waals surface area (Å²) in [6.45, 7) is 10.1. The number of rotatable bonds is 4. The molecule has 1 aliphatic heterocycles. The van der Waals surface area contributed by atoms with Crippen molar-refractivity contribution in [3.05, 3.63) is 0 Å². The van der Waals surface area contributed by atoms with Gasteiger partial charge < -0.3 is 10.6 Å². The summed E-state index contributed by atoms with van der Waals surface area (Å²) < 4.78 is 0. The molecule has 1 fully saturated rings. The number of carbonyl (C=O) groups excluding carboxylic acids is 1. The number of carbonyl (C=O) groups is 1. The van der Waals surface area contributed by atoms with E-state index in [1.54, 1.807) is 0 Å². The molecule has 1 saturated heterocycles. The van der Waals surface area contributed by atoms with Crippen molar-refractivity contribution in [2.75, 3.05) is 26.2 Å². The fourth-order valence-electron chi connectivity index (χ4n) is 2.00. The molecule has 4 heteroatoms. The first-order chi connectivity index (χ1) is 7.50. The standard InChI is InChI=1S/C12H25N3O/c1-10(2)14-6-8-15(9-7-14)12(16)5-4-11(3)13/h10-11H,4-9,13H2,1-3H3. The first kappa shape index (κ1) is 13.5. The zero-order valence-corrected chi connectivity index (χ0v) is 10.8. The smallest absolute Gasteiger partial charge is 0.222 e. The molecule has 1 rings (SSSR count). The van der Waals surface area contributed by atoms with Crippen LogP contribution in [0, 0.1) is 0 Å². The third kappa shape index (κ3) is 4.10. The molecule has 0 saturated carbocycles. The maximum absolute atomic E-state index is 11.8. The van der Waals surface area contributed by atoms with Gasteiger partial charge in [-0.05, 0) is 27.2 Å². The van der Waals surface area contributed by atoms with Gasteiger partial charge in [0, 0.05) is 44.7 Å². The molecule has 0 aromatic heterocycles. The van der Waals surface area contributed by atoms with Gasteiger partial charge in [-0.2, -0.15) is 0 Å². The van der Waals surface area contributed by atoms with Crippen LogP contribution in [0.25, 0.3) is 0 Å². The molecule has 0 aliphatic carbocycles. The fourth-order valence-corrected chi connectivity index (χ4v) is 2.00. The Morgan fingerprint density at radius 2 is 1.75 bits per heavy atom. The number of amides is 1. The average molecular weight is 227 g/mol. The summed E-state index contributed by atoms with van der Waals surface area (Å²) in [4.78, 5) is 16.2. The molecule has 1 amide bonds. The number of hydrogen-bond donors (Lipinski definition) is 1. The average Bonchev–Trinajstić information content (AvgIpc) is 2.26. The summed E-state index contributed by atoms with van der Waals surface area (Å²) in [5, 5.41) is 0. The third-order valence-corrected chi connectivity index (χ3v) is 3.21. The van der Waals surface area contributed by atoms with Gasteiger partial charge in [0.1, 0.15) is 0 Å². The van der Waals surface area contributed by atoms with Gasteiger partial charge in [-0.15, -0.1) is 0 Å². The predicted octanol–water partition coefficient (Wildman–Crippen LogP) is 0.666. The fraction of sp³-hybridized carbons (Fsp3) is 0.917. The molecule has 0 aromatic carbocycles. The lowest BCUT2D eigenvalue weighted by Crippen LogP contribution is -2.50. The second-order valence-electron chi connectivity index (χ2n) is 5.03. The van der Waals surface area contributed by atoms with Crippen LogP contribution in [0.2, 0.25) is 0 Å². The Hall–Kier alpha value is -0.610. The summed E-state index contributed by atoms with van der Waals surface area (Å²) in [6.07, 6.45) is 1.39. The minimum Gasteiger partial charge on any atom is -0.340 e. The van der Waals surface area contributed by atoms with Gasteiger partial charge in [0.25, 0.3) is 0 Å². The van der Waals surface area contributed by atoms with E-state index in [1.165, 1.54) is 0 Å². The Labute approximate surface area is 98.8 Å². The first-order valence-corrected chi connectivity index (χ1v) is 6.28. The monoisotopic (exact) mass is 227 g/mol. The SMILES string of the molecule is CC(N)CCC(=O)N1CCN(C(C)C)CC1. The Morgan fingerprint density at radius 1 is 1.19 bits per heavy atom. The Morgan fingerprint density at radius 3 is 2.19 bits per heavy atom. The van der Waals surface area contributed by atoms with E-state index in [4.69, 9.17) is 5.73 Å². The molecule has 1 atom stereocenters. The van der Waals surface area contributed by atoms with Crippen LogP contribution in [0.3, 0.4) is 0 Å². The van der Waals surface area contributed by atoms with Crippen LogP contribution in [-0.2, 0) is 4.79 Å². The van der Waals surface area contributed by atoms with Crippen molar-refractivity contribution in [2.24, 2.45) is 5.73 Å². The first-order valence-electron chi connectivity index (χ1n) is 6.28. The highest BCUT2D eigenvalue weighted by Crippen LogP contribution is 2.08. The second-order valence-corrected chi connectivity index (χ2v) is 5.03. The van der Waals surface area contributed by atoms with E-state index >= 15 is 0 Å². The molecule has 4 nitrogen and oxygen atoms in total. The molecule has 94 valence electrons. The van der Waals surface area contributed by atoms with Crippen molar-refractivity contribution in [1.29, 1.82) is 0 Å². The molecule has 1 aliphatic rings. The molecule has 2 N–H and O–H groups in total. The highest BCUT2D eigenvalue weighted by atomic mass is 16.2. The van der Waals surface area contributed by atoms with Crippen LogP contribution in [0.4, 0.5) is 0 Å². The van der Waals surface area contributed by atoms with Crippen molar-refractivity contribution in [1.82, 2.24) is 9.80 Å². The molecule has 0 radical (unpaired) electrons. The Kier molecular flexibility index (Phi) is 5.22. The predicted molar refractivity (Wildman–Crippen MR) is 66.2 cm³/mol. The molecular weight excluding hydrogens is 202 g/mol. The van der Waals surface area contributed by atoms with E-state index in [1.807, 2.05) is 11.8 Å². The Balaban J connectivity index is 2.27. The number of piperazine rings is 1. The maximum Gasteiger partial charge on any atom is 0.222 e. The van der Waals surface area contributed by atoms with Crippen LogP contribution in [0.5, 0.6) is 0 Å². The zero-order chi connectivity index (χ0) is 12.1. The van der Waals surface area contributed by atoms with E-state index < -0.39 is 0 Å². The van der Waals surface area contributed by atoms with Gasteiger partial charge in [-0.25, -0.2) is 0 Å². The number of hydrogen-bond acceptors (Lipinski definition) is 3. The summed E-state index contributed by atoms with van der Waals surface area (Å²) >= 11 is 0. The van der Waals surface area contributed by atoms with Crippen molar-refractivity contribution in [2.45, 2.75) is 45.7 Å². The quantitative estimate of drug-likeness (QED) is 0.768. The van der Waals surface area contributed by atoms with E-state index in [2.05, 4.69) is 18.7 Å². The minimum atomic E-state index is 0.126. The number of nitrogens with zero attached hydrogens (tertiary/aromatic N) is 2. The van der Waals surface area contributed by atoms with E-state index in [9.17, 15) is 4.79 Å². The molecule has 0 bridgehead atoms. The molecule has 1 heterocycles. The summed E-state index contributed by atoms with van der Waals surface area (Å²) in [5.74, 6) is 0.265. The van der Waals surface area contributed by atoms with Crippen LogP contribution in [0.15, 0.2) is 0 Å². The molecule has 0 aromatic rings. The molecule has 16 heavy (non-hydrogen) atoms. The highest BCUT2D eigenvalue weighted by molar-refractivity contribution is 5.76. The lowest BCUT2D eigenvalue weighted by Gasteiger charge is -2.37. The van der Waals surface area contributed by atoms with E-state index in [0.717, 1.165) is 32.6 Å². The van der Waals surface area contributed by atoms with E-state index in [-0.39, 0.29) is 11.9 Å². The largest absolute Gasteiger partial charge is 0.340 e. The lowest BCUT2D eigenvalue weighted by molar-refractivity contribution is -0.133. The van der Waals surface area contributed by atoms with Crippen LogP contribution < -0.4 is 5.73 Å². The topological polar surface area (TPSA) is 49.6 Å². The van der Waals surface area contributed by atoms with Crippen molar-refractivity contribution in [3.63, 3.8) is 0 Å². The summed E-state index contributed by atoms with van der Waals surface area (Å²) in [7, 11) is 0. The van der Waals surface area contributed by atoms with Crippen LogP contribution in [-0.4, -0.2) is 54.0 Å². The van der Waals surface area contributed by atoms with E-state index in [0.29, 0.717) is 12.5 Å². The second kappa shape index (κ2) is 6.21. The van der Waals surface area contributed by atoms with Gasteiger partial charge in [0.05, 0.1) is 0 Å². The van der Waals surface area contributed by atoms with Crippen LogP contribution in [0.1, 0.15) is 33.6 Å². The lowest BCUT2D eigenvalue weighted by atomic mass is 10.1. The molecule has 0 spiro atoms. The summed E-state index contributed by atoms with van der Waals surface area (Å²) in [5.41, 5.74) is 5.65. The normalized spacial score (nSPS) is 20.2. The zero-order valence-electron chi connectivity index (χ0n) is 10.8. The molecular formula is C12H25N3O. The van der Waals surface area contributed by atoms with Gasteiger partial charge in [-0.3, -0.25) is 9.69 Å². The van der Waals surface area contributed by atoms with Gasteiger partial charge >= 0.3 is 0 Å². The van der Waals surface area contributed by atoms with Gasteiger partial charge in [-0.1, -0.05) is 0 Å². The number of nitrogens with two attached hydrogens (primary N) is 1. The van der Waals surface area contributed by atoms with Crippen molar-refractivity contribution < 1.29 is 4.79 Å². The van der Waals surface area contributed by atoms with Crippen molar-refractivity contribution in [3.8, 4) is 0 Å². The van der Waals surface area contributed by atoms with Crippen molar-refractivity contribution >= 4 is 5.91 Å². The highest BCUT2D eigenvalue weighted by Gasteiger charge is 2.21. The van der Waals surface area contributed by atoms with Gasteiger partial charge in [0.15, 0.2) is 0 Å². The maximum atomic E-state index is 11.8. The Bertz CT molecular complexity index is 220. The summed E-state index contributed by atoms with van der Waals surface area (Å²) in [6, 6.07) is 0.710. The molecule has 1 unspecified atom stereocenters.